The van der Waals surface area contributed by atoms with E-state index in [1.165, 1.54) is 5.56 Å². The van der Waals surface area contributed by atoms with E-state index < -0.39 is 0 Å². The Kier molecular flexibility index (Phi) is 6.92. The van der Waals surface area contributed by atoms with E-state index in [1.807, 2.05) is 12.1 Å². The number of likely N-dealkylation sites (tertiary alicyclic amines) is 2. The molecule has 0 spiro atoms. The highest BCUT2D eigenvalue weighted by molar-refractivity contribution is 5.79. The van der Waals surface area contributed by atoms with Crippen molar-refractivity contribution in [1.29, 1.82) is 0 Å². The summed E-state index contributed by atoms with van der Waals surface area (Å²) in [5, 5.41) is 9.05. The van der Waals surface area contributed by atoms with E-state index in [0.717, 1.165) is 64.2 Å². The molecule has 2 saturated heterocycles. The van der Waals surface area contributed by atoms with Crippen LogP contribution in [0.2, 0.25) is 0 Å². The number of carbonyl (C=O) groups is 1. The quantitative estimate of drug-likeness (QED) is 0.846. The molecule has 144 valence electrons. The number of nitrogens with zero attached hydrogens (tertiary/aromatic N) is 2. The first-order chi connectivity index (χ1) is 12.7. The van der Waals surface area contributed by atoms with Crippen LogP contribution in [-0.4, -0.2) is 66.8 Å². The number of β-amino-alcohol motifs (C(OH)–C–C–N with tert-alkyl or cyclic N) is 1. The maximum absolute atomic E-state index is 12.9. The third kappa shape index (κ3) is 5.21. The zero-order valence-corrected chi connectivity index (χ0v) is 15.9. The first-order valence-corrected chi connectivity index (χ1v) is 9.97. The maximum Gasteiger partial charge on any atom is 0.225 e. The van der Waals surface area contributed by atoms with Crippen LogP contribution in [0.5, 0.6) is 5.75 Å². The van der Waals surface area contributed by atoms with Crippen molar-refractivity contribution in [3.8, 4) is 5.75 Å². The molecule has 2 heterocycles. The summed E-state index contributed by atoms with van der Waals surface area (Å²) in [6, 6.07) is 8.15. The Morgan fingerprint density at radius 1 is 1.23 bits per heavy atom. The van der Waals surface area contributed by atoms with Crippen molar-refractivity contribution in [2.45, 2.75) is 32.6 Å². The molecule has 0 bridgehead atoms. The average molecular weight is 360 g/mol. The monoisotopic (exact) mass is 360 g/mol. The normalized spacial score (nSPS) is 22.4. The SMILES string of the molecule is Cc1cccc(OCC2CCCN(C(=O)C3CCN(CCO)CC3)C2)c1. The Morgan fingerprint density at radius 2 is 2.04 bits per heavy atom. The molecule has 0 aliphatic carbocycles. The van der Waals surface area contributed by atoms with Crippen molar-refractivity contribution in [2.24, 2.45) is 11.8 Å². The lowest BCUT2D eigenvalue weighted by Gasteiger charge is -2.37. The molecule has 2 aliphatic rings. The number of aliphatic hydroxyl groups is 1. The van der Waals surface area contributed by atoms with Gasteiger partial charge < -0.3 is 19.6 Å². The van der Waals surface area contributed by atoms with Crippen LogP contribution >= 0.6 is 0 Å². The number of hydrogen-bond acceptors (Lipinski definition) is 4. The van der Waals surface area contributed by atoms with Crippen molar-refractivity contribution < 1.29 is 14.6 Å². The molecule has 0 radical (unpaired) electrons. The predicted octanol–water partition coefficient (Wildman–Crippen LogP) is 2.32. The molecule has 1 aromatic rings. The van der Waals surface area contributed by atoms with Gasteiger partial charge in [-0.15, -0.1) is 0 Å². The molecule has 2 fully saturated rings. The molecule has 3 rings (SSSR count). The number of benzene rings is 1. The van der Waals surface area contributed by atoms with Gasteiger partial charge in [0.1, 0.15) is 5.75 Å². The molecule has 1 aromatic carbocycles. The van der Waals surface area contributed by atoms with Crippen molar-refractivity contribution in [3.05, 3.63) is 29.8 Å². The van der Waals surface area contributed by atoms with Gasteiger partial charge in [0.05, 0.1) is 13.2 Å². The number of amides is 1. The summed E-state index contributed by atoms with van der Waals surface area (Å²) in [5.74, 6) is 1.82. The van der Waals surface area contributed by atoms with E-state index in [4.69, 9.17) is 9.84 Å². The summed E-state index contributed by atoms with van der Waals surface area (Å²) in [6.07, 6.45) is 4.03. The van der Waals surface area contributed by atoms with Crippen LogP contribution in [0.4, 0.5) is 0 Å². The van der Waals surface area contributed by atoms with Crippen molar-refractivity contribution in [3.63, 3.8) is 0 Å². The first kappa shape index (κ1) is 19.2. The van der Waals surface area contributed by atoms with Crippen LogP contribution in [0.1, 0.15) is 31.2 Å². The number of aliphatic hydroxyl groups excluding tert-OH is 1. The minimum Gasteiger partial charge on any atom is -0.493 e. The molecular weight excluding hydrogens is 328 g/mol. The maximum atomic E-state index is 12.9. The zero-order valence-electron chi connectivity index (χ0n) is 15.9. The Hall–Kier alpha value is -1.59. The van der Waals surface area contributed by atoms with E-state index in [2.05, 4.69) is 28.9 Å². The number of hydrogen-bond donors (Lipinski definition) is 1. The van der Waals surface area contributed by atoms with Crippen molar-refractivity contribution in [2.75, 3.05) is 45.9 Å². The molecular formula is C21H32N2O3. The second-order valence-corrected chi connectivity index (χ2v) is 7.76. The fourth-order valence-electron chi connectivity index (χ4n) is 4.12. The molecule has 5 heteroatoms. The van der Waals surface area contributed by atoms with E-state index in [9.17, 15) is 4.79 Å². The van der Waals surface area contributed by atoms with E-state index in [1.54, 1.807) is 0 Å². The van der Waals surface area contributed by atoms with E-state index >= 15 is 0 Å². The van der Waals surface area contributed by atoms with Gasteiger partial charge in [0.2, 0.25) is 5.91 Å². The highest BCUT2D eigenvalue weighted by Gasteiger charge is 2.31. The third-order valence-corrected chi connectivity index (χ3v) is 5.66. The number of piperidine rings is 2. The van der Waals surface area contributed by atoms with Crippen LogP contribution in [-0.2, 0) is 4.79 Å². The Morgan fingerprint density at radius 3 is 2.77 bits per heavy atom. The van der Waals surface area contributed by atoms with Gasteiger partial charge in [-0.3, -0.25) is 4.79 Å². The van der Waals surface area contributed by atoms with Gasteiger partial charge in [-0.05, 0) is 63.4 Å². The van der Waals surface area contributed by atoms with Crippen LogP contribution < -0.4 is 4.74 Å². The molecule has 2 aliphatic heterocycles. The predicted molar refractivity (Wildman–Crippen MR) is 102 cm³/mol. The Balaban J connectivity index is 1.46. The number of rotatable bonds is 6. The van der Waals surface area contributed by atoms with Crippen molar-refractivity contribution in [1.82, 2.24) is 9.80 Å². The molecule has 1 N–H and O–H groups in total. The Labute approximate surface area is 156 Å². The molecule has 1 amide bonds. The highest BCUT2D eigenvalue weighted by atomic mass is 16.5. The summed E-state index contributed by atoms with van der Waals surface area (Å²) < 4.78 is 5.97. The van der Waals surface area contributed by atoms with Gasteiger partial charge in [-0.1, -0.05) is 12.1 Å². The average Bonchev–Trinajstić information content (AvgIpc) is 2.67. The van der Waals surface area contributed by atoms with Crippen LogP contribution in [0, 0.1) is 18.8 Å². The van der Waals surface area contributed by atoms with E-state index in [0.29, 0.717) is 18.4 Å². The van der Waals surface area contributed by atoms with Crippen LogP contribution in [0.15, 0.2) is 24.3 Å². The molecule has 0 saturated carbocycles. The van der Waals surface area contributed by atoms with Gasteiger partial charge in [0.15, 0.2) is 0 Å². The lowest BCUT2D eigenvalue weighted by Crippen LogP contribution is -2.47. The Bertz CT molecular complexity index is 584. The molecule has 0 aromatic heterocycles. The molecule has 1 unspecified atom stereocenters. The summed E-state index contributed by atoms with van der Waals surface area (Å²) in [6.45, 7) is 7.23. The number of ether oxygens (including phenoxy) is 1. The summed E-state index contributed by atoms with van der Waals surface area (Å²) >= 11 is 0. The standard InChI is InChI=1S/C21H32N2O3/c1-17-4-2-6-20(14-17)26-16-18-5-3-9-23(15-18)21(25)19-7-10-22(11-8-19)12-13-24/h2,4,6,14,18-19,24H,3,5,7-13,15-16H2,1H3. The van der Waals surface area contributed by atoms with Gasteiger partial charge in [-0.2, -0.15) is 0 Å². The second-order valence-electron chi connectivity index (χ2n) is 7.76. The van der Waals surface area contributed by atoms with Crippen LogP contribution in [0.25, 0.3) is 0 Å². The summed E-state index contributed by atoms with van der Waals surface area (Å²) in [4.78, 5) is 17.2. The minimum atomic E-state index is 0.154. The van der Waals surface area contributed by atoms with Gasteiger partial charge in [0.25, 0.3) is 0 Å². The topological polar surface area (TPSA) is 53.0 Å². The molecule has 26 heavy (non-hydrogen) atoms. The lowest BCUT2D eigenvalue weighted by atomic mass is 9.92. The summed E-state index contributed by atoms with van der Waals surface area (Å²) in [7, 11) is 0. The smallest absolute Gasteiger partial charge is 0.225 e. The fourth-order valence-corrected chi connectivity index (χ4v) is 4.12. The zero-order chi connectivity index (χ0) is 18.4. The fraction of sp³-hybridized carbons (Fsp3) is 0.667. The highest BCUT2D eigenvalue weighted by Crippen LogP contribution is 2.24. The van der Waals surface area contributed by atoms with Crippen molar-refractivity contribution >= 4 is 5.91 Å². The second kappa shape index (κ2) is 9.38. The minimum absolute atomic E-state index is 0.154. The van der Waals surface area contributed by atoms with E-state index in [-0.39, 0.29) is 12.5 Å². The molecule has 1 atom stereocenters. The summed E-state index contributed by atoms with van der Waals surface area (Å²) in [5.41, 5.74) is 1.20. The van der Waals surface area contributed by atoms with Crippen LogP contribution in [0.3, 0.4) is 0 Å². The number of aryl methyl sites for hydroxylation is 1. The number of carbonyl (C=O) groups excluding carboxylic acids is 1. The largest absolute Gasteiger partial charge is 0.493 e. The third-order valence-electron chi connectivity index (χ3n) is 5.66. The molecule has 5 nitrogen and oxygen atoms in total. The lowest BCUT2D eigenvalue weighted by molar-refractivity contribution is -0.139. The van der Waals surface area contributed by atoms with Gasteiger partial charge in [-0.25, -0.2) is 0 Å². The van der Waals surface area contributed by atoms with Gasteiger partial charge in [0, 0.05) is 31.5 Å². The van der Waals surface area contributed by atoms with Gasteiger partial charge >= 0.3 is 0 Å². The first-order valence-electron chi connectivity index (χ1n) is 9.97.